The molecule has 14 nitrogen and oxygen atoms in total. The highest BCUT2D eigenvalue weighted by Gasteiger charge is 2.23. The van der Waals surface area contributed by atoms with E-state index in [2.05, 4.69) is 31.4 Å². The number of carbonyl (C=O) groups excluding carboxylic acids is 2. The molecule has 4 rings (SSSR count). The smallest absolute Gasteiger partial charge is 0.339 e. The number of rotatable bonds is 9. The first kappa shape index (κ1) is 30.3. The lowest BCUT2D eigenvalue weighted by Gasteiger charge is -2.12. The average Bonchev–Trinajstić information content (AvgIpc) is 2.97. The number of allylic oxidation sites excluding steroid dienone is 3. The van der Waals surface area contributed by atoms with E-state index in [1.807, 2.05) is 0 Å². The normalized spacial score (nSPS) is 14.2. The molecule has 220 valence electrons. The summed E-state index contributed by atoms with van der Waals surface area (Å²) in [5.41, 5.74) is 4.82. The third-order valence-corrected chi connectivity index (χ3v) is 6.63. The van der Waals surface area contributed by atoms with E-state index >= 15 is 0 Å². The summed E-state index contributed by atoms with van der Waals surface area (Å²) in [5.74, 6) is -1.62. The van der Waals surface area contributed by atoms with Gasteiger partial charge in [0.15, 0.2) is 5.78 Å². The van der Waals surface area contributed by atoms with Crippen molar-refractivity contribution in [3.63, 3.8) is 0 Å². The van der Waals surface area contributed by atoms with Gasteiger partial charge in [-0.3, -0.25) is 14.8 Å². The molecule has 0 atom stereocenters. The molecule has 1 aliphatic carbocycles. The molecular weight excluding hydrogens is 580 g/mol. The number of hydrazone groups is 1. The van der Waals surface area contributed by atoms with E-state index in [1.165, 1.54) is 56.5 Å². The van der Waals surface area contributed by atoms with Crippen molar-refractivity contribution in [2.45, 2.75) is 11.8 Å². The van der Waals surface area contributed by atoms with Crippen molar-refractivity contribution >= 4 is 62.1 Å². The molecule has 0 aromatic heterocycles. The number of ether oxygens (including phenoxy) is 1. The Morgan fingerprint density at radius 3 is 2.21 bits per heavy atom. The summed E-state index contributed by atoms with van der Waals surface area (Å²) in [5, 5.41) is 26.7. The van der Waals surface area contributed by atoms with Crippen molar-refractivity contribution in [2.75, 3.05) is 23.2 Å². The summed E-state index contributed by atoms with van der Waals surface area (Å²) in [6.45, 7) is 1.51. The Bertz CT molecular complexity index is 1830. The quantitative estimate of drug-likeness (QED) is 0.0704. The number of urea groups is 1. The lowest BCUT2D eigenvalue weighted by Crippen LogP contribution is -2.19. The zero-order chi connectivity index (χ0) is 31.1. The summed E-state index contributed by atoms with van der Waals surface area (Å²) >= 11 is 0. The second-order valence-electron chi connectivity index (χ2n) is 8.88. The maximum Gasteiger partial charge on any atom is 0.339 e. The van der Waals surface area contributed by atoms with E-state index in [0.29, 0.717) is 22.7 Å². The number of carbonyl (C=O) groups is 3. The van der Waals surface area contributed by atoms with Gasteiger partial charge in [-0.25, -0.2) is 9.59 Å². The summed E-state index contributed by atoms with van der Waals surface area (Å²) in [7, 11) is -2.97. The number of carboxylic acid groups (broad SMARTS) is 1. The van der Waals surface area contributed by atoms with Gasteiger partial charge in [-0.15, -0.1) is 0 Å². The molecule has 3 aromatic rings. The number of benzene rings is 3. The Morgan fingerprint density at radius 2 is 1.56 bits per heavy atom. The van der Waals surface area contributed by atoms with E-state index in [0.717, 1.165) is 0 Å². The number of hydrogen-bond acceptors (Lipinski definition) is 10. The predicted molar refractivity (Wildman–Crippen MR) is 158 cm³/mol. The number of methoxy groups -OCH3 is 1. The Balaban J connectivity index is 1.37. The van der Waals surface area contributed by atoms with Crippen LogP contribution < -0.4 is 20.8 Å². The highest BCUT2D eigenvalue weighted by atomic mass is 32.2. The number of hydrogen-bond donors (Lipinski definition) is 5. The number of amides is 2. The van der Waals surface area contributed by atoms with Crippen LogP contribution in [0.15, 0.2) is 110 Å². The molecule has 5 N–H and O–H groups in total. The molecule has 2 amide bonds. The topological polar surface area (TPSA) is 208 Å². The molecule has 0 saturated heterocycles. The minimum atomic E-state index is -4.38. The second-order valence-corrected chi connectivity index (χ2v) is 10.3. The number of aliphatic carboxylic acids is 1. The number of anilines is 3. The van der Waals surface area contributed by atoms with Gasteiger partial charge >= 0.3 is 12.0 Å². The van der Waals surface area contributed by atoms with Crippen LogP contribution in [0.5, 0.6) is 5.75 Å². The van der Waals surface area contributed by atoms with Crippen molar-refractivity contribution in [3.8, 4) is 5.75 Å². The average molecular weight is 605 g/mol. The Kier molecular flexibility index (Phi) is 9.08. The van der Waals surface area contributed by atoms with E-state index in [4.69, 9.17) is 4.74 Å². The number of ketones is 1. The van der Waals surface area contributed by atoms with Crippen LogP contribution in [0.3, 0.4) is 0 Å². The van der Waals surface area contributed by atoms with Crippen LogP contribution in [-0.4, -0.2) is 48.7 Å². The largest absolute Gasteiger partial charge is 0.494 e. The van der Waals surface area contributed by atoms with Crippen molar-refractivity contribution in [3.05, 3.63) is 90.0 Å². The van der Waals surface area contributed by atoms with Crippen molar-refractivity contribution in [2.24, 2.45) is 15.3 Å². The van der Waals surface area contributed by atoms with Gasteiger partial charge in [0.1, 0.15) is 11.3 Å². The summed E-state index contributed by atoms with van der Waals surface area (Å²) in [6.07, 6.45) is 2.65. The zero-order valence-corrected chi connectivity index (χ0v) is 23.4. The number of nitrogens with zero attached hydrogens (tertiary/aromatic N) is 3. The van der Waals surface area contributed by atoms with Gasteiger partial charge in [-0.05, 0) is 79.2 Å². The first-order valence-corrected chi connectivity index (χ1v) is 13.7. The van der Waals surface area contributed by atoms with Gasteiger partial charge in [0.25, 0.3) is 10.1 Å². The third-order valence-electron chi connectivity index (χ3n) is 5.78. The fraction of sp³-hybridized carbons (Fsp3) is 0.0714. The molecule has 3 aromatic carbocycles. The number of carboxylic acids is 1. The molecule has 0 unspecified atom stereocenters. The van der Waals surface area contributed by atoms with Gasteiger partial charge in [-0.2, -0.15) is 23.7 Å². The standard InChI is InChI=1S/C28H24N6O8S/c1-16-12-21(14-23(26(16)35)27(36)37)34-31-18-8-6-17(7-9-18)29-28(38)30-24-11-10-20(15-25(24)42-2)33-32-19-4-3-5-22(13-19)43(39,40)41/h3-15,31H,1-2H3,(H,36,37)(H2,29,30,38)(H,39,40,41). The van der Waals surface area contributed by atoms with Crippen LogP contribution in [0.2, 0.25) is 0 Å². The summed E-state index contributed by atoms with van der Waals surface area (Å²) in [4.78, 5) is 35.5. The maximum atomic E-state index is 12.6. The molecule has 0 spiro atoms. The fourth-order valence-corrected chi connectivity index (χ4v) is 4.21. The van der Waals surface area contributed by atoms with Gasteiger partial charge in [0.2, 0.25) is 0 Å². The van der Waals surface area contributed by atoms with Gasteiger partial charge in [0, 0.05) is 11.8 Å². The molecule has 43 heavy (non-hydrogen) atoms. The number of azo groups is 1. The van der Waals surface area contributed by atoms with Crippen LogP contribution in [-0.2, 0) is 19.7 Å². The summed E-state index contributed by atoms with van der Waals surface area (Å²) in [6, 6.07) is 15.9. The van der Waals surface area contributed by atoms with E-state index < -0.39 is 27.9 Å². The number of nitrogens with one attached hydrogen (secondary N) is 3. The third kappa shape index (κ3) is 7.96. The molecule has 0 bridgehead atoms. The number of Topliss-reactive ketones (excluding diaryl/α,β-unsaturated/α-hetero) is 1. The van der Waals surface area contributed by atoms with E-state index in [-0.39, 0.29) is 33.2 Å². The van der Waals surface area contributed by atoms with Gasteiger partial charge in [0.05, 0.1) is 40.5 Å². The van der Waals surface area contributed by atoms with E-state index in [1.54, 1.807) is 36.4 Å². The molecule has 1 aliphatic rings. The molecule has 0 saturated carbocycles. The van der Waals surface area contributed by atoms with Gasteiger partial charge in [-0.1, -0.05) is 6.07 Å². The predicted octanol–water partition coefficient (Wildman–Crippen LogP) is 5.31. The highest BCUT2D eigenvalue weighted by Crippen LogP contribution is 2.31. The molecule has 0 heterocycles. The van der Waals surface area contributed by atoms with Crippen molar-refractivity contribution in [1.82, 2.24) is 0 Å². The lowest BCUT2D eigenvalue weighted by molar-refractivity contribution is -0.134. The van der Waals surface area contributed by atoms with Gasteiger partial charge < -0.3 is 20.5 Å². The minimum Gasteiger partial charge on any atom is -0.494 e. The second kappa shape index (κ2) is 12.9. The molecule has 0 aliphatic heterocycles. The fourth-order valence-electron chi connectivity index (χ4n) is 3.69. The maximum absolute atomic E-state index is 12.6. The van der Waals surface area contributed by atoms with Crippen molar-refractivity contribution in [1.29, 1.82) is 0 Å². The van der Waals surface area contributed by atoms with E-state index in [9.17, 15) is 32.5 Å². The van der Waals surface area contributed by atoms with Crippen LogP contribution in [0.25, 0.3) is 0 Å². The lowest BCUT2D eigenvalue weighted by atomic mass is 9.97. The van der Waals surface area contributed by atoms with Crippen molar-refractivity contribution < 1.29 is 37.2 Å². The van der Waals surface area contributed by atoms with Crippen LogP contribution in [0, 0.1) is 0 Å². The van der Waals surface area contributed by atoms with Crippen LogP contribution >= 0.6 is 0 Å². The molecule has 0 radical (unpaired) electrons. The molecular formula is C28H24N6O8S. The summed E-state index contributed by atoms with van der Waals surface area (Å²) < 4.78 is 37.2. The van der Waals surface area contributed by atoms with Crippen LogP contribution in [0.4, 0.5) is 33.2 Å². The first-order valence-electron chi connectivity index (χ1n) is 12.3. The first-order chi connectivity index (χ1) is 20.4. The zero-order valence-electron chi connectivity index (χ0n) is 22.6. The Labute approximate surface area is 245 Å². The molecule has 15 heteroatoms. The highest BCUT2D eigenvalue weighted by molar-refractivity contribution is 7.85. The Hall–Kier alpha value is -5.67. The minimum absolute atomic E-state index is 0.200. The molecule has 0 fully saturated rings. The monoisotopic (exact) mass is 604 g/mol. The SMILES string of the molecule is COc1cc(N=Nc2cccc(S(=O)(=O)O)c2)ccc1NC(=O)Nc1ccc(NN=C2C=C(C)C(=O)C(C(=O)O)=C2)cc1. The Morgan fingerprint density at radius 1 is 0.884 bits per heavy atom. The van der Waals surface area contributed by atoms with Crippen LogP contribution in [0.1, 0.15) is 6.92 Å².